The number of hydrogen-bond donors (Lipinski definition) is 1. The molecule has 0 aliphatic heterocycles. The van der Waals surface area contributed by atoms with Gasteiger partial charge < -0.3 is 10.1 Å². The summed E-state index contributed by atoms with van der Waals surface area (Å²) in [5.41, 5.74) is 1.39. The maximum Gasteiger partial charge on any atom is 0.118 e. The van der Waals surface area contributed by atoms with Gasteiger partial charge in [-0.05, 0) is 56.6 Å². The van der Waals surface area contributed by atoms with Crippen molar-refractivity contribution in [3.8, 4) is 5.75 Å². The summed E-state index contributed by atoms with van der Waals surface area (Å²) in [7, 11) is 1.71. The van der Waals surface area contributed by atoms with Crippen LogP contribution in [0.15, 0.2) is 24.3 Å². The summed E-state index contributed by atoms with van der Waals surface area (Å²) in [6, 6.07) is 9.01. The Morgan fingerprint density at radius 3 is 2.50 bits per heavy atom. The van der Waals surface area contributed by atoms with Crippen molar-refractivity contribution in [3.63, 3.8) is 0 Å². The number of rotatable bonds is 8. The molecule has 20 heavy (non-hydrogen) atoms. The highest BCUT2D eigenvalue weighted by Crippen LogP contribution is 2.42. The average Bonchev–Trinajstić information content (AvgIpc) is 2.45. The molecule has 0 spiro atoms. The van der Waals surface area contributed by atoms with Crippen molar-refractivity contribution in [1.82, 2.24) is 5.32 Å². The van der Waals surface area contributed by atoms with Gasteiger partial charge in [0.2, 0.25) is 0 Å². The molecule has 1 fully saturated rings. The van der Waals surface area contributed by atoms with Crippen LogP contribution in [0.4, 0.5) is 0 Å². The van der Waals surface area contributed by atoms with Gasteiger partial charge in [-0.3, -0.25) is 0 Å². The van der Waals surface area contributed by atoms with Crippen LogP contribution < -0.4 is 10.1 Å². The first-order valence-electron chi connectivity index (χ1n) is 7.59. The summed E-state index contributed by atoms with van der Waals surface area (Å²) in [6.07, 6.45) is 8.74. The van der Waals surface area contributed by atoms with Crippen LogP contribution in [0.2, 0.25) is 0 Å². The number of aryl methyl sites for hydroxylation is 1. The lowest BCUT2D eigenvalue weighted by atomic mass is 9.84. The molecule has 112 valence electrons. The van der Waals surface area contributed by atoms with Crippen molar-refractivity contribution in [3.05, 3.63) is 29.8 Å². The van der Waals surface area contributed by atoms with Gasteiger partial charge in [0.15, 0.2) is 0 Å². The maximum absolute atomic E-state index is 5.19. The Morgan fingerprint density at radius 2 is 2.00 bits per heavy atom. The van der Waals surface area contributed by atoms with E-state index in [1.165, 1.54) is 31.2 Å². The number of benzene rings is 1. The van der Waals surface area contributed by atoms with Crippen LogP contribution in [-0.2, 0) is 6.42 Å². The van der Waals surface area contributed by atoms with E-state index in [-0.39, 0.29) is 0 Å². The molecule has 1 unspecified atom stereocenters. The first-order valence-corrected chi connectivity index (χ1v) is 8.81. The number of ether oxygens (including phenoxy) is 1. The summed E-state index contributed by atoms with van der Waals surface area (Å²) in [6.45, 7) is 3.47. The number of hydrogen-bond acceptors (Lipinski definition) is 3. The van der Waals surface area contributed by atoms with Crippen molar-refractivity contribution >= 4 is 11.8 Å². The Kier molecular flexibility index (Phi) is 5.79. The van der Waals surface area contributed by atoms with Gasteiger partial charge in [0.25, 0.3) is 0 Å². The third-order valence-corrected chi connectivity index (χ3v) is 5.91. The predicted molar refractivity (Wildman–Crippen MR) is 88.9 cm³/mol. The van der Waals surface area contributed by atoms with Gasteiger partial charge in [-0.15, -0.1) is 0 Å². The van der Waals surface area contributed by atoms with Crippen molar-refractivity contribution in [2.24, 2.45) is 0 Å². The quantitative estimate of drug-likeness (QED) is 0.785. The fraction of sp³-hybridized carbons (Fsp3) is 0.647. The van der Waals surface area contributed by atoms with Gasteiger partial charge in [0.05, 0.1) is 7.11 Å². The first kappa shape index (κ1) is 15.7. The molecule has 0 bridgehead atoms. The standard InChI is InChI=1S/C17H27NOS/c1-14(18-13-17(20-3)11-4-12-17)5-6-15-7-9-16(19-2)10-8-15/h7-10,14,18H,4-6,11-13H2,1-3H3. The third kappa shape index (κ3) is 4.16. The van der Waals surface area contributed by atoms with Crippen LogP contribution in [0, 0.1) is 0 Å². The SMILES string of the molecule is COc1ccc(CCC(C)NCC2(SC)CCC2)cc1. The molecular weight excluding hydrogens is 266 g/mol. The Hall–Kier alpha value is -0.670. The molecule has 1 atom stereocenters. The minimum atomic E-state index is 0.536. The second-order valence-corrected chi connectivity index (χ2v) is 7.18. The zero-order valence-electron chi connectivity index (χ0n) is 12.9. The molecule has 0 saturated heterocycles. The van der Waals surface area contributed by atoms with E-state index in [0.717, 1.165) is 18.7 Å². The van der Waals surface area contributed by atoms with E-state index in [1.54, 1.807) is 7.11 Å². The highest BCUT2D eigenvalue weighted by atomic mass is 32.2. The van der Waals surface area contributed by atoms with Crippen LogP contribution in [0.3, 0.4) is 0 Å². The molecular formula is C17H27NOS. The fourth-order valence-electron chi connectivity index (χ4n) is 2.66. The van der Waals surface area contributed by atoms with Crippen molar-refractivity contribution in [1.29, 1.82) is 0 Å². The Bertz CT molecular complexity index is 394. The van der Waals surface area contributed by atoms with Crippen LogP contribution in [-0.4, -0.2) is 30.7 Å². The van der Waals surface area contributed by atoms with E-state index < -0.39 is 0 Å². The van der Waals surface area contributed by atoms with Gasteiger partial charge in [-0.25, -0.2) is 0 Å². The normalized spacial score (nSPS) is 18.4. The molecule has 1 aliphatic carbocycles. The van der Waals surface area contributed by atoms with Gasteiger partial charge in [-0.1, -0.05) is 18.6 Å². The number of methoxy groups -OCH3 is 1. The molecule has 0 heterocycles. The molecule has 1 aromatic carbocycles. The van der Waals surface area contributed by atoms with Crippen LogP contribution >= 0.6 is 11.8 Å². The monoisotopic (exact) mass is 293 g/mol. The summed E-state index contributed by atoms with van der Waals surface area (Å²) in [4.78, 5) is 0. The smallest absolute Gasteiger partial charge is 0.118 e. The van der Waals surface area contributed by atoms with Gasteiger partial charge >= 0.3 is 0 Å². The topological polar surface area (TPSA) is 21.3 Å². The van der Waals surface area contributed by atoms with E-state index in [2.05, 4.69) is 30.6 Å². The lowest BCUT2D eigenvalue weighted by Crippen LogP contribution is -2.45. The second kappa shape index (κ2) is 7.37. The van der Waals surface area contributed by atoms with E-state index in [4.69, 9.17) is 4.74 Å². The maximum atomic E-state index is 5.19. The number of nitrogens with one attached hydrogen (secondary N) is 1. The largest absolute Gasteiger partial charge is 0.497 e. The molecule has 2 nitrogen and oxygen atoms in total. The molecule has 1 saturated carbocycles. The Balaban J connectivity index is 1.70. The lowest BCUT2D eigenvalue weighted by Gasteiger charge is -2.41. The molecule has 1 aromatic rings. The third-order valence-electron chi connectivity index (χ3n) is 4.50. The lowest BCUT2D eigenvalue weighted by molar-refractivity contribution is 0.329. The molecule has 0 radical (unpaired) electrons. The van der Waals surface area contributed by atoms with Gasteiger partial charge in [0, 0.05) is 17.3 Å². The number of thioether (sulfide) groups is 1. The Morgan fingerprint density at radius 1 is 1.30 bits per heavy atom. The van der Waals surface area contributed by atoms with Crippen molar-refractivity contribution in [2.75, 3.05) is 19.9 Å². The summed E-state index contributed by atoms with van der Waals surface area (Å²) in [5.74, 6) is 0.937. The zero-order valence-corrected chi connectivity index (χ0v) is 13.8. The summed E-state index contributed by atoms with van der Waals surface area (Å²) < 4.78 is 5.72. The first-order chi connectivity index (χ1) is 9.67. The molecule has 0 amide bonds. The molecule has 2 rings (SSSR count). The van der Waals surface area contributed by atoms with Crippen molar-refractivity contribution in [2.45, 2.75) is 49.8 Å². The Labute approximate surface area is 127 Å². The van der Waals surface area contributed by atoms with Crippen LogP contribution in [0.25, 0.3) is 0 Å². The molecule has 1 N–H and O–H groups in total. The van der Waals surface area contributed by atoms with Gasteiger partial charge in [-0.2, -0.15) is 11.8 Å². The minimum Gasteiger partial charge on any atom is -0.497 e. The van der Waals surface area contributed by atoms with E-state index >= 15 is 0 Å². The van der Waals surface area contributed by atoms with Gasteiger partial charge in [0.1, 0.15) is 5.75 Å². The predicted octanol–water partition coefficient (Wildman–Crippen LogP) is 3.89. The zero-order chi connectivity index (χ0) is 14.4. The molecule has 3 heteroatoms. The van der Waals surface area contributed by atoms with E-state index in [1.807, 2.05) is 23.9 Å². The average molecular weight is 293 g/mol. The van der Waals surface area contributed by atoms with E-state index in [0.29, 0.717) is 10.8 Å². The van der Waals surface area contributed by atoms with E-state index in [9.17, 15) is 0 Å². The fourth-order valence-corrected chi connectivity index (χ4v) is 3.59. The molecule has 1 aliphatic rings. The minimum absolute atomic E-state index is 0.536. The van der Waals surface area contributed by atoms with Crippen LogP contribution in [0.5, 0.6) is 5.75 Å². The second-order valence-electron chi connectivity index (χ2n) is 5.91. The highest BCUT2D eigenvalue weighted by molar-refractivity contribution is 8.00. The summed E-state index contributed by atoms with van der Waals surface area (Å²) >= 11 is 2.04. The highest BCUT2D eigenvalue weighted by Gasteiger charge is 2.35. The van der Waals surface area contributed by atoms with Crippen LogP contribution in [0.1, 0.15) is 38.2 Å². The summed E-state index contributed by atoms with van der Waals surface area (Å²) in [5, 5.41) is 3.72. The van der Waals surface area contributed by atoms with Crippen molar-refractivity contribution < 1.29 is 4.74 Å². The molecule has 0 aromatic heterocycles.